The second kappa shape index (κ2) is 6.28. The van der Waals surface area contributed by atoms with Gasteiger partial charge in [0.25, 0.3) is 5.91 Å². The van der Waals surface area contributed by atoms with Gasteiger partial charge in [0.2, 0.25) is 0 Å². The summed E-state index contributed by atoms with van der Waals surface area (Å²) in [5.74, 6) is 1.77. The summed E-state index contributed by atoms with van der Waals surface area (Å²) in [4.78, 5) is 14.6. The summed E-state index contributed by atoms with van der Waals surface area (Å²) in [6.07, 6.45) is 1.11. The van der Waals surface area contributed by atoms with Gasteiger partial charge in [-0.15, -0.1) is 0 Å². The molecule has 5 nitrogen and oxygen atoms in total. The van der Waals surface area contributed by atoms with Gasteiger partial charge in [-0.25, -0.2) is 0 Å². The average molecular weight is 333 g/mol. The van der Waals surface area contributed by atoms with Gasteiger partial charge in [0, 0.05) is 25.6 Å². The minimum absolute atomic E-state index is 0.0292. The second-order valence-electron chi connectivity index (χ2n) is 7.73. The normalized spacial score (nSPS) is 27.3. The second-order valence-corrected chi connectivity index (χ2v) is 7.73. The smallest absolute Gasteiger partial charge is 0.260 e. The number of amides is 1. The zero-order chi connectivity index (χ0) is 17.4. The minimum atomic E-state index is 0.0292. The van der Waals surface area contributed by atoms with Crippen molar-refractivity contribution in [3.05, 3.63) is 24.3 Å². The van der Waals surface area contributed by atoms with Crippen LogP contribution in [0.2, 0.25) is 0 Å². The number of nitrogens with zero attached hydrogens (tertiary/aromatic N) is 1. The van der Waals surface area contributed by atoms with E-state index in [0.717, 1.165) is 26.1 Å². The Labute approximate surface area is 143 Å². The highest BCUT2D eigenvalue weighted by molar-refractivity contribution is 5.78. The maximum absolute atomic E-state index is 12.6. The van der Waals surface area contributed by atoms with E-state index in [9.17, 15) is 4.79 Å². The summed E-state index contributed by atoms with van der Waals surface area (Å²) < 4.78 is 16.4. The van der Waals surface area contributed by atoms with Crippen molar-refractivity contribution in [1.29, 1.82) is 0 Å². The molecule has 1 saturated heterocycles. The van der Waals surface area contributed by atoms with Crippen LogP contribution in [-0.2, 0) is 9.53 Å². The number of methoxy groups -OCH3 is 2. The highest BCUT2D eigenvalue weighted by Gasteiger charge is 2.63. The lowest BCUT2D eigenvalue weighted by atomic mass is 9.48. The third kappa shape index (κ3) is 2.86. The molecule has 1 heterocycles. The average Bonchev–Trinajstić information content (AvgIpc) is 2.88. The molecular weight excluding hydrogens is 306 g/mol. The van der Waals surface area contributed by atoms with Crippen LogP contribution in [0.25, 0.3) is 0 Å². The van der Waals surface area contributed by atoms with Crippen LogP contribution < -0.4 is 9.47 Å². The number of rotatable bonds is 6. The van der Waals surface area contributed by atoms with Crippen LogP contribution in [0.3, 0.4) is 0 Å². The van der Waals surface area contributed by atoms with Crippen LogP contribution >= 0.6 is 0 Å². The van der Waals surface area contributed by atoms with E-state index in [4.69, 9.17) is 14.2 Å². The van der Waals surface area contributed by atoms with E-state index in [-0.39, 0.29) is 23.3 Å². The first-order valence-electron chi connectivity index (χ1n) is 8.44. The Morgan fingerprint density at radius 3 is 2.58 bits per heavy atom. The number of fused-ring (bicyclic) bond motifs is 1. The van der Waals surface area contributed by atoms with Gasteiger partial charge in [0.05, 0.1) is 13.7 Å². The quantitative estimate of drug-likeness (QED) is 0.803. The van der Waals surface area contributed by atoms with E-state index in [1.54, 1.807) is 14.2 Å². The van der Waals surface area contributed by atoms with E-state index < -0.39 is 0 Å². The summed E-state index contributed by atoms with van der Waals surface area (Å²) in [5, 5.41) is 0. The van der Waals surface area contributed by atoms with Crippen LogP contribution in [-0.4, -0.2) is 51.3 Å². The summed E-state index contributed by atoms with van der Waals surface area (Å²) in [6, 6.07) is 7.39. The van der Waals surface area contributed by atoms with Crippen molar-refractivity contribution < 1.29 is 19.0 Å². The molecule has 1 aromatic rings. The molecule has 0 bridgehead atoms. The molecule has 24 heavy (non-hydrogen) atoms. The van der Waals surface area contributed by atoms with E-state index >= 15 is 0 Å². The number of carbonyl (C=O) groups is 1. The third-order valence-electron chi connectivity index (χ3n) is 5.60. The number of para-hydroxylation sites is 2. The van der Waals surface area contributed by atoms with Crippen molar-refractivity contribution in [3.63, 3.8) is 0 Å². The van der Waals surface area contributed by atoms with Crippen molar-refractivity contribution in [2.24, 2.45) is 16.7 Å². The lowest BCUT2D eigenvalue weighted by molar-refractivity contribution is -0.133. The van der Waals surface area contributed by atoms with Gasteiger partial charge in [0.15, 0.2) is 18.1 Å². The SMILES string of the molecule is COC[C@@]12CN(C(=O)COc3ccccc3OC)C[C@@H]1C(C)(C)C2. The highest BCUT2D eigenvalue weighted by Crippen LogP contribution is 2.62. The molecule has 0 spiro atoms. The van der Waals surface area contributed by atoms with Crippen LogP contribution in [0.15, 0.2) is 24.3 Å². The number of benzene rings is 1. The molecule has 2 fully saturated rings. The third-order valence-corrected chi connectivity index (χ3v) is 5.60. The first-order chi connectivity index (χ1) is 11.4. The zero-order valence-corrected chi connectivity index (χ0v) is 15.0. The lowest BCUT2D eigenvalue weighted by Crippen LogP contribution is -2.55. The van der Waals surface area contributed by atoms with Crippen LogP contribution in [0.4, 0.5) is 0 Å². The number of ether oxygens (including phenoxy) is 3. The van der Waals surface area contributed by atoms with Crippen LogP contribution in [0, 0.1) is 16.7 Å². The molecule has 0 aromatic heterocycles. The van der Waals surface area contributed by atoms with E-state index in [2.05, 4.69) is 13.8 Å². The molecule has 1 aliphatic carbocycles. The predicted molar refractivity (Wildman–Crippen MR) is 91.3 cm³/mol. The van der Waals surface area contributed by atoms with Crippen molar-refractivity contribution in [3.8, 4) is 11.5 Å². The molecule has 1 saturated carbocycles. The van der Waals surface area contributed by atoms with Gasteiger partial charge >= 0.3 is 0 Å². The van der Waals surface area contributed by atoms with Crippen molar-refractivity contribution >= 4 is 5.91 Å². The Balaban J connectivity index is 1.62. The summed E-state index contributed by atoms with van der Waals surface area (Å²) in [6.45, 7) is 6.89. The van der Waals surface area contributed by atoms with Crippen LogP contribution in [0.5, 0.6) is 11.5 Å². The van der Waals surface area contributed by atoms with Gasteiger partial charge < -0.3 is 19.1 Å². The molecule has 2 aliphatic rings. The Morgan fingerprint density at radius 2 is 1.96 bits per heavy atom. The monoisotopic (exact) mass is 333 g/mol. The number of carbonyl (C=O) groups excluding carboxylic acids is 1. The molecule has 1 amide bonds. The maximum atomic E-state index is 12.6. The van der Waals surface area contributed by atoms with Crippen molar-refractivity contribution in [2.75, 3.05) is 40.5 Å². The predicted octanol–water partition coefficient (Wildman–Crippen LogP) is 2.60. The molecule has 0 radical (unpaired) electrons. The van der Waals surface area contributed by atoms with Crippen molar-refractivity contribution in [2.45, 2.75) is 20.3 Å². The number of likely N-dealkylation sites (tertiary alicyclic amines) is 1. The van der Waals surface area contributed by atoms with Gasteiger partial charge in [-0.1, -0.05) is 26.0 Å². The van der Waals surface area contributed by atoms with Crippen molar-refractivity contribution in [1.82, 2.24) is 4.90 Å². The molecule has 1 aromatic carbocycles. The molecule has 3 rings (SSSR count). The molecule has 0 N–H and O–H groups in total. The van der Waals surface area contributed by atoms with Gasteiger partial charge in [-0.2, -0.15) is 0 Å². The van der Waals surface area contributed by atoms with Crippen LogP contribution in [0.1, 0.15) is 20.3 Å². The fourth-order valence-electron chi connectivity index (χ4n) is 4.77. The molecule has 5 heteroatoms. The fraction of sp³-hybridized carbons (Fsp3) is 0.632. The van der Waals surface area contributed by atoms with E-state index in [1.807, 2.05) is 29.2 Å². The molecule has 132 valence electrons. The van der Waals surface area contributed by atoms with Gasteiger partial charge in [0.1, 0.15) is 0 Å². The molecule has 1 aliphatic heterocycles. The topological polar surface area (TPSA) is 48.0 Å². The molecule has 0 unspecified atom stereocenters. The number of hydrogen-bond acceptors (Lipinski definition) is 4. The minimum Gasteiger partial charge on any atom is -0.493 e. The Morgan fingerprint density at radius 1 is 1.25 bits per heavy atom. The highest BCUT2D eigenvalue weighted by atomic mass is 16.5. The Bertz CT molecular complexity index is 615. The summed E-state index contributed by atoms with van der Waals surface area (Å²) >= 11 is 0. The first kappa shape index (κ1) is 17.1. The standard InChI is InChI=1S/C19H27NO4/c1-18(2)11-19(13-22-3)12-20(9-16(18)19)17(21)10-24-15-8-6-5-7-14(15)23-4/h5-8,16H,9-13H2,1-4H3/t16-,19-/m1/s1. The zero-order valence-electron chi connectivity index (χ0n) is 15.0. The molecule has 2 atom stereocenters. The lowest BCUT2D eigenvalue weighted by Gasteiger charge is -2.56. The van der Waals surface area contributed by atoms with E-state index in [0.29, 0.717) is 17.4 Å². The number of hydrogen-bond donors (Lipinski definition) is 0. The first-order valence-corrected chi connectivity index (χ1v) is 8.44. The molecular formula is C19H27NO4. The summed E-state index contributed by atoms with van der Waals surface area (Å²) in [7, 11) is 3.34. The Hall–Kier alpha value is -1.75. The largest absolute Gasteiger partial charge is 0.493 e. The Kier molecular flexibility index (Phi) is 4.47. The fourth-order valence-corrected chi connectivity index (χ4v) is 4.77. The van der Waals surface area contributed by atoms with Gasteiger partial charge in [-0.05, 0) is 29.9 Å². The maximum Gasteiger partial charge on any atom is 0.260 e. The van der Waals surface area contributed by atoms with E-state index in [1.165, 1.54) is 0 Å². The van der Waals surface area contributed by atoms with Gasteiger partial charge in [-0.3, -0.25) is 4.79 Å². The summed E-state index contributed by atoms with van der Waals surface area (Å²) in [5.41, 5.74) is 0.398.